The van der Waals surface area contributed by atoms with Crippen LogP contribution in [0.5, 0.6) is 0 Å². The van der Waals surface area contributed by atoms with E-state index in [4.69, 9.17) is 0 Å². The Balaban J connectivity index is 1.95. The summed E-state index contributed by atoms with van der Waals surface area (Å²) >= 11 is 0. The molecule has 0 saturated carbocycles. The van der Waals surface area contributed by atoms with Crippen molar-refractivity contribution in [1.82, 2.24) is 14.9 Å². The summed E-state index contributed by atoms with van der Waals surface area (Å²) in [5.41, 5.74) is -3.18. The SMILES string of the molecule is CC[C@@H](NC(=O)c1cn(-c2ccc(F)cc2F)c2nc(N3C(C)C(O)C(C)(C)C3O)ccc2c1=O)C(F)(F)F. The van der Waals surface area contributed by atoms with Crippen molar-refractivity contribution >= 4 is 22.8 Å². The number of nitrogens with zero attached hydrogens (tertiary/aromatic N) is 3. The molecule has 1 amide bonds. The van der Waals surface area contributed by atoms with E-state index in [9.17, 15) is 41.8 Å². The van der Waals surface area contributed by atoms with Crippen molar-refractivity contribution < 1.29 is 37.0 Å². The lowest BCUT2D eigenvalue weighted by Crippen LogP contribution is -2.46. The molecule has 0 bridgehead atoms. The molecular formula is C26H27F5N4O4. The van der Waals surface area contributed by atoms with Crippen LogP contribution >= 0.6 is 0 Å². The number of benzene rings is 1. The molecule has 210 valence electrons. The molecule has 13 heteroatoms. The number of aromatic nitrogens is 2. The molecule has 1 fully saturated rings. The van der Waals surface area contributed by atoms with Gasteiger partial charge in [-0.15, -0.1) is 0 Å². The minimum absolute atomic E-state index is 0.100. The third kappa shape index (κ3) is 4.84. The van der Waals surface area contributed by atoms with Crippen molar-refractivity contribution in [3.63, 3.8) is 0 Å². The first-order chi connectivity index (χ1) is 18.1. The Labute approximate surface area is 219 Å². The molecular weight excluding hydrogens is 527 g/mol. The van der Waals surface area contributed by atoms with Gasteiger partial charge >= 0.3 is 6.18 Å². The highest BCUT2D eigenvalue weighted by atomic mass is 19.4. The second kappa shape index (κ2) is 9.87. The molecule has 3 N–H and O–H groups in total. The minimum atomic E-state index is -4.77. The number of alkyl halides is 3. The number of rotatable bonds is 5. The minimum Gasteiger partial charge on any atom is -0.390 e. The maximum Gasteiger partial charge on any atom is 0.408 e. The highest BCUT2D eigenvalue weighted by molar-refractivity contribution is 5.97. The third-order valence-electron chi connectivity index (χ3n) is 7.21. The number of carbonyl (C=O) groups is 1. The molecule has 8 nitrogen and oxygen atoms in total. The van der Waals surface area contributed by atoms with Crippen LogP contribution in [0.25, 0.3) is 16.7 Å². The van der Waals surface area contributed by atoms with Crippen molar-refractivity contribution in [1.29, 1.82) is 0 Å². The summed E-state index contributed by atoms with van der Waals surface area (Å²) in [5, 5.41) is 23.1. The van der Waals surface area contributed by atoms with Crippen molar-refractivity contribution in [2.45, 2.75) is 64.7 Å². The number of pyridine rings is 2. The van der Waals surface area contributed by atoms with Gasteiger partial charge in [-0.2, -0.15) is 13.2 Å². The Morgan fingerprint density at radius 3 is 2.38 bits per heavy atom. The number of hydrogen-bond donors (Lipinski definition) is 3. The van der Waals surface area contributed by atoms with E-state index in [0.29, 0.717) is 6.07 Å². The summed E-state index contributed by atoms with van der Waals surface area (Å²) < 4.78 is 69.4. The molecule has 0 spiro atoms. The average molecular weight is 555 g/mol. The number of fused-ring (bicyclic) bond motifs is 1. The van der Waals surface area contributed by atoms with Crippen LogP contribution in [0.3, 0.4) is 0 Å². The number of nitrogens with one attached hydrogen (secondary N) is 1. The van der Waals surface area contributed by atoms with E-state index in [2.05, 4.69) is 4.98 Å². The molecule has 0 radical (unpaired) electrons. The topological polar surface area (TPSA) is 108 Å². The number of anilines is 1. The second-order valence-corrected chi connectivity index (χ2v) is 10.1. The molecule has 1 aliphatic heterocycles. The van der Waals surface area contributed by atoms with Crippen LogP contribution < -0.4 is 15.6 Å². The maximum absolute atomic E-state index is 14.9. The van der Waals surface area contributed by atoms with Gasteiger partial charge in [0.25, 0.3) is 5.91 Å². The number of carbonyl (C=O) groups excluding carboxylic acids is 1. The smallest absolute Gasteiger partial charge is 0.390 e. The van der Waals surface area contributed by atoms with Gasteiger partial charge in [-0.05, 0) is 37.6 Å². The van der Waals surface area contributed by atoms with E-state index in [-0.39, 0.29) is 22.5 Å². The lowest BCUT2D eigenvalue weighted by Gasteiger charge is -2.30. The Morgan fingerprint density at radius 2 is 1.85 bits per heavy atom. The Bertz CT molecular complexity index is 1490. The van der Waals surface area contributed by atoms with Crippen molar-refractivity contribution in [2.24, 2.45) is 5.41 Å². The molecule has 39 heavy (non-hydrogen) atoms. The van der Waals surface area contributed by atoms with Crippen LogP contribution in [0.15, 0.2) is 41.3 Å². The van der Waals surface area contributed by atoms with E-state index < -0.39 is 71.0 Å². The Morgan fingerprint density at radius 1 is 1.18 bits per heavy atom. The molecule has 0 aliphatic carbocycles. The van der Waals surface area contributed by atoms with E-state index in [1.807, 2.05) is 0 Å². The molecule has 3 aromatic rings. The quantitative estimate of drug-likeness (QED) is 0.416. The average Bonchev–Trinajstić information content (AvgIpc) is 3.01. The lowest BCUT2D eigenvalue weighted by atomic mass is 9.86. The third-order valence-corrected chi connectivity index (χ3v) is 7.21. The molecule has 3 heterocycles. The van der Waals surface area contributed by atoms with Crippen LogP contribution in [0.2, 0.25) is 0 Å². The zero-order valence-corrected chi connectivity index (χ0v) is 21.4. The zero-order valence-electron chi connectivity index (χ0n) is 21.4. The first kappa shape index (κ1) is 28.4. The number of amides is 1. The predicted octanol–water partition coefficient (Wildman–Crippen LogP) is 3.65. The normalized spacial score (nSPS) is 21.8. The fraction of sp³-hybridized carbons (Fsp3) is 0.423. The largest absolute Gasteiger partial charge is 0.408 e. The highest BCUT2D eigenvalue weighted by Gasteiger charge is 2.52. The second-order valence-electron chi connectivity index (χ2n) is 10.1. The van der Waals surface area contributed by atoms with E-state index >= 15 is 0 Å². The number of halogens is 5. The fourth-order valence-electron chi connectivity index (χ4n) is 4.85. The standard InChI is InChI=1S/C26H27F5N4O4/c1-5-18(26(29,30)31)32-23(38)15-11-34(17-8-6-13(27)10-16(17)28)22-14(20(15)36)7-9-19(33-22)35-12(2)21(37)25(3,4)24(35)39/h6-12,18,21,24,37,39H,5H2,1-4H3,(H,32,38)/t12?,18-,21?,24?/m1/s1. The fourth-order valence-corrected chi connectivity index (χ4v) is 4.85. The molecule has 1 aliphatic rings. The van der Waals surface area contributed by atoms with Gasteiger partial charge in [0.2, 0.25) is 5.43 Å². The van der Waals surface area contributed by atoms with Crippen LogP contribution in [0.4, 0.5) is 27.8 Å². The lowest BCUT2D eigenvalue weighted by molar-refractivity contribution is -0.153. The zero-order chi connectivity index (χ0) is 29.0. The molecule has 1 aromatic carbocycles. The van der Waals surface area contributed by atoms with Gasteiger partial charge in [-0.3, -0.25) is 14.2 Å². The van der Waals surface area contributed by atoms with Gasteiger partial charge in [-0.25, -0.2) is 13.8 Å². The first-order valence-corrected chi connectivity index (χ1v) is 12.1. The van der Waals surface area contributed by atoms with Crippen molar-refractivity contribution in [3.05, 3.63) is 63.9 Å². The van der Waals surface area contributed by atoms with Crippen LogP contribution in [0.1, 0.15) is 44.5 Å². The van der Waals surface area contributed by atoms with Crippen LogP contribution in [-0.4, -0.2) is 56.3 Å². The van der Waals surface area contributed by atoms with Gasteiger partial charge in [0.05, 0.1) is 23.2 Å². The summed E-state index contributed by atoms with van der Waals surface area (Å²) in [6.07, 6.45) is -6.58. The number of aliphatic hydroxyl groups is 2. The molecule has 4 atom stereocenters. The van der Waals surface area contributed by atoms with E-state index in [1.165, 1.54) is 24.0 Å². The van der Waals surface area contributed by atoms with Gasteiger partial charge in [0.1, 0.15) is 35.3 Å². The van der Waals surface area contributed by atoms with Gasteiger partial charge in [0.15, 0.2) is 5.65 Å². The molecule has 3 unspecified atom stereocenters. The van der Waals surface area contributed by atoms with Crippen LogP contribution in [0, 0.1) is 17.0 Å². The number of hydrogen-bond acceptors (Lipinski definition) is 6. The summed E-state index contributed by atoms with van der Waals surface area (Å²) in [7, 11) is 0. The van der Waals surface area contributed by atoms with Crippen LogP contribution in [-0.2, 0) is 0 Å². The monoisotopic (exact) mass is 554 g/mol. The predicted molar refractivity (Wildman–Crippen MR) is 133 cm³/mol. The summed E-state index contributed by atoms with van der Waals surface area (Å²) in [4.78, 5) is 32.0. The molecule has 1 saturated heterocycles. The highest BCUT2D eigenvalue weighted by Crippen LogP contribution is 2.41. The van der Waals surface area contributed by atoms with Crippen molar-refractivity contribution in [2.75, 3.05) is 4.90 Å². The van der Waals surface area contributed by atoms with Gasteiger partial charge < -0.3 is 20.4 Å². The van der Waals surface area contributed by atoms with E-state index in [1.54, 1.807) is 26.1 Å². The van der Waals surface area contributed by atoms with Gasteiger partial charge in [0, 0.05) is 17.7 Å². The summed E-state index contributed by atoms with van der Waals surface area (Å²) in [6, 6.07) is 2.24. The van der Waals surface area contributed by atoms with Gasteiger partial charge in [-0.1, -0.05) is 20.8 Å². The van der Waals surface area contributed by atoms with Crippen molar-refractivity contribution in [3.8, 4) is 5.69 Å². The summed E-state index contributed by atoms with van der Waals surface area (Å²) in [6.45, 7) is 6.17. The molecule has 2 aromatic heterocycles. The molecule has 4 rings (SSSR count). The Hall–Kier alpha value is -3.58. The maximum atomic E-state index is 14.9. The number of aliphatic hydroxyl groups excluding tert-OH is 2. The first-order valence-electron chi connectivity index (χ1n) is 12.1. The van der Waals surface area contributed by atoms with E-state index in [0.717, 1.165) is 22.9 Å². The Kier molecular flexibility index (Phi) is 7.19. The summed E-state index contributed by atoms with van der Waals surface area (Å²) in [5.74, 6) is -3.23.